The van der Waals surface area contributed by atoms with E-state index in [0.29, 0.717) is 5.91 Å². The first-order chi connectivity index (χ1) is 12.6. The van der Waals surface area contributed by atoms with Gasteiger partial charge in [-0.25, -0.2) is 4.98 Å². The van der Waals surface area contributed by atoms with Crippen LogP contribution in [0.3, 0.4) is 0 Å². The van der Waals surface area contributed by atoms with Crippen LogP contribution in [0.2, 0.25) is 0 Å². The van der Waals surface area contributed by atoms with E-state index in [4.69, 9.17) is 0 Å². The fourth-order valence-corrected chi connectivity index (χ4v) is 6.25. The Bertz CT molecular complexity index is 625. The molecule has 2 aliphatic heterocycles. The molecule has 26 heavy (non-hydrogen) atoms. The smallest absolute Gasteiger partial charge is 0.223 e. The maximum Gasteiger partial charge on any atom is 0.223 e. The van der Waals surface area contributed by atoms with Crippen molar-refractivity contribution < 1.29 is 4.79 Å². The summed E-state index contributed by atoms with van der Waals surface area (Å²) in [5, 5.41) is 1.16. The van der Waals surface area contributed by atoms with Gasteiger partial charge in [-0.3, -0.25) is 9.69 Å². The monoisotopic (exact) mass is 375 g/mol. The molecule has 1 aromatic heterocycles. The van der Waals surface area contributed by atoms with Crippen molar-refractivity contribution in [1.29, 1.82) is 0 Å². The van der Waals surface area contributed by atoms with Crippen LogP contribution in [0.15, 0.2) is 6.20 Å². The summed E-state index contributed by atoms with van der Waals surface area (Å²) in [7, 11) is 0. The van der Waals surface area contributed by atoms with Gasteiger partial charge in [0.25, 0.3) is 0 Å². The molecule has 1 spiro atoms. The zero-order chi connectivity index (χ0) is 18.0. The minimum Gasteiger partial charge on any atom is -0.337 e. The highest BCUT2D eigenvalue weighted by Gasteiger charge is 2.46. The molecule has 0 unspecified atom stereocenters. The maximum absolute atomic E-state index is 12.7. The van der Waals surface area contributed by atoms with Crippen molar-refractivity contribution in [3.63, 3.8) is 0 Å². The highest BCUT2D eigenvalue weighted by molar-refractivity contribution is 7.11. The lowest BCUT2D eigenvalue weighted by Crippen LogP contribution is -2.48. The first-order valence-corrected chi connectivity index (χ1v) is 11.4. The van der Waals surface area contributed by atoms with E-state index < -0.39 is 0 Å². The lowest BCUT2D eigenvalue weighted by molar-refractivity contribution is -0.132. The van der Waals surface area contributed by atoms with Crippen molar-refractivity contribution in [2.24, 2.45) is 5.92 Å². The van der Waals surface area contributed by atoms with Crippen LogP contribution in [0.1, 0.15) is 74.1 Å². The largest absolute Gasteiger partial charge is 0.337 e. The molecule has 1 aliphatic carbocycles. The van der Waals surface area contributed by atoms with Gasteiger partial charge in [-0.05, 0) is 57.9 Å². The van der Waals surface area contributed by atoms with Crippen molar-refractivity contribution >= 4 is 17.2 Å². The molecule has 4 nitrogen and oxygen atoms in total. The summed E-state index contributed by atoms with van der Waals surface area (Å²) >= 11 is 1.82. The molecule has 4 rings (SSSR count). The van der Waals surface area contributed by atoms with Crippen LogP contribution in [0.4, 0.5) is 0 Å². The number of hydrogen-bond acceptors (Lipinski definition) is 4. The number of aromatic nitrogens is 1. The van der Waals surface area contributed by atoms with Crippen LogP contribution < -0.4 is 0 Å². The van der Waals surface area contributed by atoms with Gasteiger partial charge in [-0.15, -0.1) is 11.3 Å². The minimum absolute atomic E-state index is 0.160. The minimum atomic E-state index is 0.160. The lowest BCUT2D eigenvalue weighted by atomic mass is 9.84. The summed E-state index contributed by atoms with van der Waals surface area (Å²) in [4.78, 5) is 23.4. The second-order valence-corrected chi connectivity index (χ2v) is 10.0. The van der Waals surface area contributed by atoms with E-state index in [0.717, 1.165) is 56.4 Å². The third kappa shape index (κ3) is 3.99. The SMILES string of the molecule is Cc1ncc(CN2CCC[C@@]3(CCC(=O)N3CC3CCCCC3)CC2)s1. The summed E-state index contributed by atoms with van der Waals surface area (Å²) in [6.07, 6.45) is 14.2. The quantitative estimate of drug-likeness (QED) is 0.784. The molecular weight excluding hydrogens is 342 g/mol. The molecule has 1 saturated carbocycles. The van der Waals surface area contributed by atoms with Crippen LogP contribution in [0.5, 0.6) is 0 Å². The zero-order valence-electron chi connectivity index (χ0n) is 16.2. The fourth-order valence-electron chi connectivity index (χ4n) is 5.41. The van der Waals surface area contributed by atoms with E-state index in [1.54, 1.807) is 0 Å². The van der Waals surface area contributed by atoms with E-state index in [1.807, 2.05) is 17.5 Å². The zero-order valence-corrected chi connectivity index (χ0v) is 17.0. The van der Waals surface area contributed by atoms with Crippen molar-refractivity contribution in [3.8, 4) is 0 Å². The normalized spacial score (nSPS) is 28.8. The Kier molecular flexibility index (Phi) is 5.65. The number of thiazole rings is 1. The molecule has 3 aliphatic rings. The number of rotatable bonds is 4. The highest BCUT2D eigenvalue weighted by Crippen LogP contribution is 2.41. The van der Waals surface area contributed by atoms with Crippen molar-refractivity contribution in [3.05, 3.63) is 16.1 Å². The Morgan fingerprint density at radius 2 is 2.00 bits per heavy atom. The Hall–Kier alpha value is -0.940. The second kappa shape index (κ2) is 7.97. The van der Waals surface area contributed by atoms with E-state index in [9.17, 15) is 4.79 Å². The number of carbonyl (C=O) groups excluding carboxylic acids is 1. The first-order valence-electron chi connectivity index (χ1n) is 10.6. The third-order valence-corrected chi connectivity index (χ3v) is 7.80. The molecule has 1 amide bonds. The number of hydrogen-bond donors (Lipinski definition) is 0. The summed E-state index contributed by atoms with van der Waals surface area (Å²) in [5.74, 6) is 1.18. The van der Waals surface area contributed by atoms with Gasteiger partial charge >= 0.3 is 0 Å². The molecule has 5 heteroatoms. The molecule has 1 aromatic rings. The number of nitrogens with zero attached hydrogens (tertiary/aromatic N) is 3. The Balaban J connectivity index is 1.40. The van der Waals surface area contributed by atoms with Crippen LogP contribution >= 0.6 is 11.3 Å². The topological polar surface area (TPSA) is 36.4 Å². The van der Waals surface area contributed by atoms with Gasteiger partial charge < -0.3 is 4.90 Å². The molecule has 0 aromatic carbocycles. The maximum atomic E-state index is 12.7. The summed E-state index contributed by atoms with van der Waals surface area (Å²) in [6, 6.07) is 0. The van der Waals surface area contributed by atoms with Gasteiger partial charge in [-0.2, -0.15) is 0 Å². The molecule has 0 bridgehead atoms. The Morgan fingerprint density at radius 1 is 1.15 bits per heavy atom. The molecule has 0 N–H and O–H groups in total. The highest BCUT2D eigenvalue weighted by atomic mass is 32.1. The molecule has 0 radical (unpaired) electrons. The molecule has 3 fully saturated rings. The summed E-state index contributed by atoms with van der Waals surface area (Å²) in [6.45, 7) is 6.42. The summed E-state index contributed by atoms with van der Waals surface area (Å²) in [5.41, 5.74) is 0.160. The van der Waals surface area contributed by atoms with Gasteiger partial charge in [-0.1, -0.05) is 19.3 Å². The van der Waals surface area contributed by atoms with Gasteiger partial charge in [0.15, 0.2) is 0 Å². The molecule has 1 atom stereocenters. The van der Waals surface area contributed by atoms with Gasteiger partial charge in [0.1, 0.15) is 0 Å². The van der Waals surface area contributed by atoms with Gasteiger partial charge in [0.2, 0.25) is 5.91 Å². The van der Waals surface area contributed by atoms with Gasteiger partial charge in [0, 0.05) is 42.7 Å². The number of carbonyl (C=O) groups is 1. The van der Waals surface area contributed by atoms with Crippen LogP contribution in [-0.4, -0.2) is 45.9 Å². The number of aryl methyl sites for hydroxylation is 1. The predicted octanol–water partition coefficient (Wildman–Crippen LogP) is 4.38. The van der Waals surface area contributed by atoms with Crippen LogP contribution in [0, 0.1) is 12.8 Å². The second-order valence-electron chi connectivity index (χ2n) is 8.71. The lowest BCUT2D eigenvalue weighted by Gasteiger charge is -2.41. The average Bonchev–Trinajstić information content (AvgIpc) is 3.10. The van der Waals surface area contributed by atoms with Crippen molar-refractivity contribution in [2.45, 2.75) is 83.2 Å². The Labute approximate surface area is 162 Å². The molecule has 144 valence electrons. The van der Waals surface area contributed by atoms with E-state index in [1.165, 1.54) is 49.8 Å². The van der Waals surface area contributed by atoms with Crippen LogP contribution in [0.25, 0.3) is 0 Å². The van der Waals surface area contributed by atoms with Crippen LogP contribution in [-0.2, 0) is 11.3 Å². The van der Waals surface area contributed by atoms with E-state index >= 15 is 0 Å². The predicted molar refractivity (Wildman–Crippen MR) is 106 cm³/mol. The van der Waals surface area contributed by atoms with E-state index in [2.05, 4.69) is 21.7 Å². The van der Waals surface area contributed by atoms with Crippen molar-refractivity contribution in [1.82, 2.24) is 14.8 Å². The molecular formula is C21H33N3OS. The van der Waals surface area contributed by atoms with Crippen molar-refractivity contribution in [2.75, 3.05) is 19.6 Å². The summed E-state index contributed by atoms with van der Waals surface area (Å²) < 4.78 is 0. The third-order valence-electron chi connectivity index (χ3n) is 6.90. The fraction of sp³-hybridized carbons (Fsp3) is 0.810. The molecule has 3 heterocycles. The van der Waals surface area contributed by atoms with E-state index in [-0.39, 0.29) is 5.54 Å². The number of amides is 1. The Morgan fingerprint density at radius 3 is 2.77 bits per heavy atom. The number of likely N-dealkylation sites (tertiary alicyclic amines) is 2. The average molecular weight is 376 g/mol. The standard InChI is InChI=1S/C21H33N3OS/c1-17-22-14-19(26-17)16-23-12-5-9-21(11-13-23)10-8-20(25)24(21)15-18-6-3-2-4-7-18/h14,18H,2-13,15-16H2,1H3/t21-/m1/s1. The molecule has 2 saturated heterocycles. The first kappa shape index (κ1) is 18.4. The van der Waals surface area contributed by atoms with Gasteiger partial charge in [0.05, 0.1) is 5.01 Å².